The number of benzene rings is 2. The number of imidazole rings is 4. The Morgan fingerprint density at radius 2 is 1.22 bits per heavy atom. The SMILES string of the molecule is C.Cc1cn(-c2ccc3c(c2)nc2n3CCN(C3CCC3)CC2)cn1.Cc1cncn1-c1ccc2c(c1)nc1n2CCN(C2CCC2)CC1. The van der Waals surface area contributed by atoms with Gasteiger partial charge in [-0.25, -0.2) is 19.9 Å². The number of nitrogens with zero attached hydrogens (tertiary/aromatic N) is 10. The van der Waals surface area contributed by atoms with Crippen molar-refractivity contribution in [3.63, 3.8) is 0 Å². The van der Waals surface area contributed by atoms with Crippen LogP contribution in [-0.4, -0.2) is 86.3 Å². The number of fused-ring (bicyclic) bond motifs is 6. The van der Waals surface area contributed by atoms with Crippen molar-refractivity contribution in [1.29, 1.82) is 0 Å². The van der Waals surface area contributed by atoms with Crippen molar-refractivity contribution in [2.45, 2.75) is 97.8 Å². The minimum Gasteiger partial charge on any atom is -0.327 e. The Morgan fingerprint density at radius 1 is 0.653 bits per heavy atom. The van der Waals surface area contributed by atoms with Gasteiger partial charge in [0.25, 0.3) is 0 Å². The second kappa shape index (κ2) is 13.2. The molecule has 2 aliphatic heterocycles. The van der Waals surface area contributed by atoms with Crippen LogP contribution < -0.4 is 0 Å². The van der Waals surface area contributed by atoms with Crippen molar-refractivity contribution in [2.75, 3.05) is 26.2 Å². The van der Waals surface area contributed by atoms with Crippen LogP contribution in [0.1, 0.15) is 69.0 Å². The summed E-state index contributed by atoms with van der Waals surface area (Å²) in [5.41, 5.74) is 9.19. The first-order valence-electron chi connectivity index (χ1n) is 18.0. The first-order chi connectivity index (χ1) is 23.6. The molecule has 2 aliphatic carbocycles. The lowest BCUT2D eigenvalue weighted by Gasteiger charge is -2.36. The molecule has 10 rings (SSSR count). The van der Waals surface area contributed by atoms with Crippen molar-refractivity contribution in [3.05, 3.63) is 84.5 Å². The Kier molecular flexibility index (Phi) is 8.61. The molecule has 0 amide bonds. The average molecular weight is 659 g/mol. The van der Waals surface area contributed by atoms with E-state index in [0.717, 1.165) is 98.0 Å². The van der Waals surface area contributed by atoms with Gasteiger partial charge in [-0.05, 0) is 75.9 Å². The van der Waals surface area contributed by atoms with Crippen LogP contribution in [0.2, 0.25) is 0 Å². The third kappa shape index (κ3) is 5.99. The van der Waals surface area contributed by atoms with Gasteiger partial charge in [0.05, 0.1) is 40.4 Å². The normalized spacial score (nSPS) is 18.8. The maximum atomic E-state index is 4.95. The van der Waals surface area contributed by atoms with Gasteiger partial charge in [-0.1, -0.05) is 20.3 Å². The zero-order chi connectivity index (χ0) is 32.2. The molecule has 0 spiro atoms. The molecule has 0 saturated heterocycles. The summed E-state index contributed by atoms with van der Waals surface area (Å²) >= 11 is 0. The fraction of sp³-hybridized carbons (Fsp3) is 0.487. The predicted molar refractivity (Wildman–Crippen MR) is 196 cm³/mol. The first-order valence-corrected chi connectivity index (χ1v) is 18.0. The molecule has 4 aliphatic rings. The minimum absolute atomic E-state index is 0. The maximum absolute atomic E-state index is 4.95. The van der Waals surface area contributed by atoms with E-state index in [1.807, 2.05) is 25.8 Å². The molecule has 2 fully saturated rings. The Bertz CT molecular complexity index is 2070. The molecule has 6 aromatic rings. The summed E-state index contributed by atoms with van der Waals surface area (Å²) in [6.45, 7) is 10.8. The number of rotatable bonds is 4. The predicted octanol–water partition coefficient (Wildman–Crippen LogP) is 6.52. The quantitative estimate of drug-likeness (QED) is 0.215. The summed E-state index contributed by atoms with van der Waals surface area (Å²) in [5, 5.41) is 0. The fourth-order valence-corrected chi connectivity index (χ4v) is 8.12. The number of hydrogen-bond acceptors (Lipinski definition) is 6. The summed E-state index contributed by atoms with van der Waals surface area (Å²) in [6.07, 6.45) is 18.2. The van der Waals surface area contributed by atoms with E-state index in [-0.39, 0.29) is 7.43 Å². The van der Waals surface area contributed by atoms with E-state index < -0.39 is 0 Å². The smallest absolute Gasteiger partial charge is 0.111 e. The highest BCUT2D eigenvalue weighted by molar-refractivity contribution is 5.79. The van der Waals surface area contributed by atoms with Crippen LogP contribution in [0.4, 0.5) is 0 Å². The summed E-state index contributed by atoms with van der Waals surface area (Å²) in [7, 11) is 0. The van der Waals surface area contributed by atoms with Gasteiger partial charge in [0, 0.05) is 93.7 Å². The molecule has 10 nitrogen and oxygen atoms in total. The van der Waals surface area contributed by atoms with Crippen LogP contribution in [0.3, 0.4) is 0 Å². The van der Waals surface area contributed by atoms with E-state index in [0.29, 0.717) is 0 Å². The van der Waals surface area contributed by atoms with Crippen molar-refractivity contribution >= 4 is 22.1 Å². The van der Waals surface area contributed by atoms with E-state index in [9.17, 15) is 0 Å². The van der Waals surface area contributed by atoms with Crippen LogP contribution in [0.15, 0.2) is 61.4 Å². The maximum Gasteiger partial charge on any atom is 0.111 e. The van der Waals surface area contributed by atoms with Crippen LogP contribution in [-0.2, 0) is 25.9 Å². The molecule has 0 radical (unpaired) electrons. The number of aryl methyl sites for hydroxylation is 2. The Balaban J connectivity index is 0.000000139. The van der Waals surface area contributed by atoms with E-state index >= 15 is 0 Å². The second-order valence-electron chi connectivity index (χ2n) is 14.3. The molecular formula is C39H50N10. The molecule has 2 saturated carbocycles. The van der Waals surface area contributed by atoms with E-state index in [2.05, 4.69) is 87.6 Å². The molecular weight excluding hydrogens is 608 g/mol. The molecule has 0 bridgehead atoms. The highest BCUT2D eigenvalue weighted by atomic mass is 15.2. The van der Waals surface area contributed by atoms with E-state index in [1.54, 1.807) is 0 Å². The third-order valence-corrected chi connectivity index (χ3v) is 11.4. The van der Waals surface area contributed by atoms with E-state index in [1.165, 1.54) is 61.2 Å². The Hall–Kier alpha value is -4.28. The van der Waals surface area contributed by atoms with Crippen LogP contribution in [0.25, 0.3) is 33.4 Å². The highest BCUT2D eigenvalue weighted by Crippen LogP contribution is 2.29. The molecule has 10 heteroatoms. The van der Waals surface area contributed by atoms with E-state index in [4.69, 9.17) is 9.97 Å². The lowest BCUT2D eigenvalue weighted by molar-refractivity contribution is 0.130. The Labute approximate surface area is 289 Å². The molecule has 0 N–H and O–H groups in total. The van der Waals surface area contributed by atoms with Crippen molar-refractivity contribution in [2.24, 2.45) is 0 Å². The van der Waals surface area contributed by atoms with Crippen molar-refractivity contribution in [1.82, 2.24) is 48.0 Å². The number of hydrogen-bond donors (Lipinski definition) is 0. The summed E-state index contributed by atoms with van der Waals surface area (Å²) < 4.78 is 9.04. The summed E-state index contributed by atoms with van der Waals surface area (Å²) in [4.78, 5) is 23.8. The van der Waals surface area contributed by atoms with Gasteiger partial charge in [-0.15, -0.1) is 0 Å². The van der Waals surface area contributed by atoms with Gasteiger partial charge in [-0.3, -0.25) is 9.80 Å². The third-order valence-electron chi connectivity index (χ3n) is 11.4. The van der Waals surface area contributed by atoms with Gasteiger partial charge in [0.1, 0.15) is 11.6 Å². The van der Waals surface area contributed by atoms with Crippen LogP contribution in [0.5, 0.6) is 0 Å². The van der Waals surface area contributed by atoms with Crippen molar-refractivity contribution < 1.29 is 0 Å². The van der Waals surface area contributed by atoms with Gasteiger partial charge in [0.2, 0.25) is 0 Å². The fourth-order valence-electron chi connectivity index (χ4n) is 8.12. The standard InChI is InChI=1S/2C19H23N5.CH4/c1-14-12-23(13-20-14)16-5-6-18-17(11-16)21-19-7-8-22(9-10-24(18)19)15-3-2-4-15;1-14-12-20-13-24(14)16-5-6-18-17(11-16)21-19-7-8-22(9-10-23(18)19)15-3-2-4-15;/h2*5-6,11-13,15H,2-4,7-10H2,1H3;1H4. The van der Waals surface area contributed by atoms with Gasteiger partial charge < -0.3 is 18.3 Å². The lowest BCUT2D eigenvalue weighted by Crippen LogP contribution is -2.41. The van der Waals surface area contributed by atoms with Gasteiger partial charge in [0.15, 0.2) is 0 Å². The van der Waals surface area contributed by atoms with Crippen molar-refractivity contribution in [3.8, 4) is 11.4 Å². The molecule has 4 aromatic heterocycles. The zero-order valence-electron chi connectivity index (χ0n) is 28.3. The second-order valence-corrected chi connectivity index (χ2v) is 14.3. The van der Waals surface area contributed by atoms with Crippen LogP contribution in [0, 0.1) is 13.8 Å². The molecule has 49 heavy (non-hydrogen) atoms. The molecule has 256 valence electrons. The molecule has 0 unspecified atom stereocenters. The number of aromatic nitrogens is 8. The summed E-state index contributed by atoms with van der Waals surface area (Å²) in [5.74, 6) is 2.48. The van der Waals surface area contributed by atoms with Gasteiger partial charge >= 0.3 is 0 Å². The van der Waals surface area contributed by atoms with Gasteiger partial charge in [-0.2, -0.15) is 0 Å². The first kappa shape index (κ1) is 32.0. The molecule has 2 aromatic carbocycles. The highest BCUT2D eigenvalue weighted by Gasteiger charge is 2.28. The topological polar surface area (TPSA) is 77.8 Å². The molecule has 0 atom stereocenters. The molecule has 6 heterocycles. The van der Waals surface area contributed by atoms with Crippen LogP contribution >= 0.6 is 0 Å². The largest absolute Gasteiger partial charge is 0.327 e. The zero-order valence-corrected chi connectivity index (χ0v) is 28.3. The minimum atomic E-state index is 0. The monoisotopic (exact) mass is 658 g/mol. The lowest BCUT2D eigenvalue weighted by atomic mass is 9.91. The average Bonchev–Trinajstić information content (AvgIpc) is 3.77. The Morgan fingerprint density at radius 3 is 1.71 bits per heavy atom. The summed E-state index contributed by atoms with van der Waals surface area (Å²) in [6, 6.07) is 14.8.